The predicted octanol–water partition coefficient (Wildman–Crippen LogP) is 5.23. The Morgan fingerprint density at radius 1 is 0.811 bits per heavy atom. The van der Waals surface area contributed by atoms with Gasteiger partial charge < -0.3 is 4.74 Å². The number of rotatable bonds is 8. The van der Waals surface area contributed by atoms with Gasteiger partial charge in [0.15, 0.2) is 0 Å². The third-order valence-corrected chi connectivity index (χ3v) is 6.87. The maximum Gasteiger partial charge on any atom is 0.343 e. The highest BCUT2D eigenvalue weighted by molar-refractivity contribution is 9.10. The van der Waals surface area contributed by atoms with E-state index in [1.807, 2.05) is 6.07 Å². The Morgan fingerprint density at radius 2 is 1.51 bits per heavy atom. The summed E-state index contributed by atoms with van der Waals surface area (Å²) in [6.45, 7) is 0. The molecule has 0 saturated heterocycles. The number of hydrazone groups is 1. The van der Waals surface area contributed by atoms with Crippen LogP contribution in [0, 0.1) is 0 Å². The lowest BCUT2D eigenvalue weighted by Gasteiger charge is -2.08. The molecule has 10 heteroatoms. The summed E-state index contributed by atoms with van der Waals surface area (Å²) in [4.78, 5) is 24.7. The molecular formula is C27H20BrN3O5S. The van der Waals surface area contributed by atoms with Crippen LogP contribution in [0.15, 0.2) is 118 Å². The molecule has 0 atom stereocenters. The van der Waals surface area contributed by atoms with Crippen LogP contribution in [0.1, 0.15) is 26.3 Å². The Kier molecular flexibility index (Phi) is 8.11. The van der Waals surface area contributed by atoms with E-state index in [0.717, 1.165) is 4.47 Å². The average Bonchev–Trinajstić information content (AvgIpc) is 2.90. The van der Waals surface area contributed by atoms with Gasteiger partial charge in [0.25, 0.3) is 15.9 Å². The Labute approximate surface area is 222 Å². The van der Waals surface area contributed by atoms with E-state index in [1.165, 1.54) is 42.6 Å². The summed E-state index contributed by atoms with van der Waals surface area (Å²) in [5, 5.41) is 3.94. The summed E-state index contributed by atoms with van der Waals surface area (Å²) in [5.74, 6) is -0.573. The fourth-order valence-corrected chi connectivity index (χ4v) is 4.62. The normalized spacial score (nSPS) is 11.2. The van der Waals surface area contributed by atoms with E-state index in [0.29, 0.717) is 28.1 Å². The van der Waals surface area contributed by atoms with Crippen LogP contribution in [-0.2, 0) is 10.0 Å². The van der Waals surface area contributed by atoms with E-state index in [9.17, 15) is 18.0 Å². The number of halogens is 1. The number of hydrogen-bond acceptors (Lipinski definition) is 6. The molecule has 0 fully saturated rings. The number of ether oxygens (including phenoxy) is 1. The molecule has 0 heterocycles. The molecule has 1 amide bonds. The van der Waals surface area contributed by atoms with Crippen molar-refractivity contribution in [3.05, 3.63) is 124 Å². The summed E-state index contributed by atoms with van der Waals surface area (Å²) in [7, 11) is -3.72. The largest absolute Gasteiger partial charge is 0.423 e. The monoisotopic (exact) mass is 577 g/mol. The molecular weight excluding hydrogens is 558 g/mol. The topological polar surface area (TPSA) is 114 Å². The molecule has 0 unspecified atom stereocenters. The highest BCUT2D eigenvalue weighted by Gasteiger charge is 2.14. The predicted molar refractivity (Wildman–Crippen MR) is 144 cm³/mol. The van der Waals surface area contributed by atoms with E-state index < -0.39 is 21.9 Å². The molecule has 0 aliphatic rings. The zero-order chi connectivity index (χ0) is 26.3. The quantitative estimate of drug-likeness (QED) is 0.129. The van der Waals surface area contributed by atoms with Crippen molar-refractivity contribution >= 4 is 49.7 Å². The SMILES string of the molecule is O=C(NN=Cc1ccc(OC(=O)c2cccc(Br)c2)cc1)c1ccc(NS(=O)(=O)c2ccccc2)cc1. The Morgan fingerprint density at radius 3 is 2.19 bits per heavy atom. The van der Waals surface area contributed by atoms with Crippen LogP contribution < -0.4 is 14.9 Å². The molecule has 0 aliphatic heterocycles. The van der Waals surface area contributed by atoms with Crippen LogP contribution in [0.5, 0.6) is 5.75 Å². The minimum atomic E-state index is -3.72. The van der Waals surface area contributed by atoms with Gasteiger partial charge in [-0.15, -0.1) is 0 Å². The number of carbonyl (C=O) groups is 2. The maximum atomic E-state index is 12.4. The number of anilines is 1. The van der Waals surface area contributed by atoms with Crippen molar-refractivity contribution in [1.82, 2.24) is 5.43 Å². The number of nitrogens with one attached hydrogen (secondary N) is 2. The van der Waals surface area contributed by atoms with Crippen LogP contribution in [-0.4, -0.2) is 26.5 Å². The third kappa shape index (κ3) is 7.12. The van der Waals surface area contributed by atoms with Gasteiger partial charge in [0.2, 0.25) is 0 Å². The first-order valence-corrected chi connectivity index (χ1v) is 13.2. The standard InChI is InChI=1S/C27H20BrN3O5S/c28-22-6-4-5-21(17-22)27(33)36-24-15-9-19(10-16-24)18-29-30-26(32)20-11-13-23(14-12-20)31-37(34,35)25-7-2-1-3-8-25/h1-18,31H,(H,30,32). The van der Waals surface area contributed by atoms with Gasteiger partial charge in [-0.3, -0.25) is 9.52 Å². The van der Waals surface area contributed by atoms with Gasteiger partial charge in [-0.2, -0.15) is 5.10 Å². The Hall–Kier alpha value is -4.28. The number of hydrogen-bond donors (Lipinski definition) is 2. The summed E-state index contributed by atoms with van der Waals surface area (Å²) in [6, 6.07) is 27.5. The highest BCUT2D eigenvalue weighted by Crippen LogP contribution is 2.18. The van der Waals surface area contributed by atoms with E-state index in [2.05, 4.69) is 31.2 Å². The maximum absolute atomic E-state index is 12.4. The molecule has 37 heavy (non-hydrogen) atoms. The van der Waals surface area contributed by atoms with E-state index in [1.54, 1.807) is 60.7 Å². The fraction of sp³-hybridized carbons (Fsp3) is 0. The number of carbonyl (C=O) groups excluding carboxylic acids is 2. The number of esters is 1. The van der Waals surface area contributed by atoms with Gasteiger partial charge in [0.05, 0.1) is 16.7 Å². The van der Waals surface area contributed by atoms with Crippen LogP contribution in [0.4, 0.5) is 5.69 Å². The van der Waals surface area contributed by atoms with Crippen LogP contribution in [0.25, 0.3) is 0 Å². The van der Waals surface area contributed by atoms with Crippen molar-refractivity contribution in [1.29, 1.82) is 0 Å². The first-order chi connectivity index (χ1) is 17.8. The van der Waals surface area contributed by atoms with Gasteiger partial charge in [-0.25, -0.2) is 18.6 Å². The lowest BCUT2D eigenvalue weighted by atomic mass is 10.2. The van der Waals surface area contributed by atoms with Crippen molar-refractivity contribution in [2.24, 2.45) is 5.10 Å². The second-order valence-corrected chi connectivity index (χ2v) is 10.3. The molecule has 0 aliphatic carbocycles. The molecule has 186 valence electrons. The second kappa shape index (κ2) is 11.6. The van der Waals surface area contributed by atoms with Gasteiger partial charge in [0.1, 0.15) is 5.75 Å². The van der Waals surface area contributed by atoms with Crippen molar-refractivity contribution in [3.8, 4) is 5.75 Å². The number of sulfonamides is 1. The zero-order valence-corrected chi connectivity index (χ0v) is 21.6. The molecule has 0 spiro atoms. The van der Waals surface area contributed by atoms with Crippen molar-refractivity contribution < 1.29 is 22.7 Å². The second-order valence-electron chi connectivity index (χ2n) is 7.66. The first-order valence-electron chi connectivity index (χ1n) is 10.9. The Balaban J connectivity index is 1.30. The van der Waals surface area contributed by atoms with Crippen molar-refractivity contribution in [2.75, 3.05) is 4.72 Å². The van der Waals surface area contributed by atoms with Gasteiger partial charge >= 0.3 is 5.97 Å². The molecule has 4 aromatic carbocycles. The van der Waals surface area contributed by atoms with Crippen molar-refractivity contribution in [3.63, 3.8) is 0 Å². The lowest BCUT2D eigenvalue weighted by Crippen LogP contribution is -2.18. The van der Waals surface area contributed by atoms with Crippen molar-refractivity contribution in [2.45, 2.75) is 4.90 Å². The van der Waals surface area contributed by atoms with E-state index >= 15 is 0 Å². The number of amides is 1. The highest BCUT2D eigenvalue weighted by atomic mass is 79.9. The van der Waals surface area contributed by atoms with E-state index in [4.69, 9.17) is 4.74 Å². The number of benzene rings is 4. The molecule has 0 bridgehead atoms. The summed E-state index contributed by atoms with van der Waals surface area (Å²) < 4.78 is 33.4. The molecule has 0 radical (unpaired) electrons. The number of nitrogens with zero attached hydrogens (tertiary/aromatic N) is 1. The summed E-state index contributed by atoms with van der Waals surface area (Å²) >= 11 is 3.32. The Bertz CT molecular complexity index is 1540. The fourth-order valence-electron chi connectivity index (χ4n) is 3.14. The lowest BCUT2D eigenvalue weighted by molar-refractivity contribution is 0.0734. The molecule has 2 N–H and O–H groups in total. The first kappa shape index (κ1) is 25.8. The minimum absolute atomic E-state index is 0.141. The van der Waals surface area contributed by atoms with Gasteiger partial charge in [-0.1, -0.05) is 40.2 Å². The molecule has 8 nitrogen and oxygen atoms in total. The van der Waals surface area contributed by atoms with E-state index in [-0.39, 0.29) is 4.90 Å². The average molecular weight is 578 g/mol. The van der Waals surface area contributed by atoms with Gasteiger partial charge in [-0.05, 0) is 84.4 Å². The van der Waals surface area contributed by atoms with Crippen LogP contribution >= 0.6 is 15.9 Å². The van der Waals surface area contributed by atoms with Gasteiger partial charge in [0, 0.05) is 15.7 Å². The summed E-state index contributed by atoms with van der Waals surface area (Å²) in [6.07, 6.45) is 1.44. The van der Waals surface area contributed by atoms with Crippen LogP contribution in [0.2, 0.25) is 0 Å². The summed E-state index contributed by atoms with van der Waals surface area (Å²) in [5.41, 5.74) is 4.14. The molecule has 0 aromatic heterocycles. The third-order valence-electron chi connectivity index (χ3n) is 4.98. The molecule has 4 rings (SSSR count). The molecule has 4 aromatic rings. The van der Waals surface area contributed by atoms with Crippen LogP contribution in [0.3, 0.4) is 0 Å². The smallest absolute Gasteiger partial charge is 0.343 e. The minimum Gasteiger partial charge on any atom is -0.423 e. The zero-order valence-electron chi connectivity index (χ0n) is 19.2. The molecule has 0 saturated carbocycles.